The lowest BCUT2D eigenvalue weighted by molar-refractivity contribution is 0.188. The summed E-state index contributed by atoms with van der Waals surface area (Å²) in [5.74, 6) is 0.0588. The Morgan fingerprint density at radius 2 is 2.20 bits per heavy atom. The van der Waals surface area contributed by atoms with Gasteiger partial charge < -0.3 is 26.3 Å². The minimum atomic E-state index is -0.207. The van der Waals surface area contributed by atoms with Crippen LogP contribution in [0, 0.1) is 0 Å². The smallest absolute Gasteiger partial charge is 0.315 e. The van der Waals surface area contributed by atoms with E-state index in [0.29, 0.717) is 25.3 Å². The first-order valence-electron chi connectivity index (χ1n) is 6.38. The lowest BCUT2D eigenvalue weighted by atomic mass is 10.1. The van der Waals surface area contributed by atoms with Crippen LogP contribution in [-0.2, 0) is 11.3 Å². The highest BCUT2D eigenvalue weighted by Gasteiger charge is 2.17. The average Bonchev–Trinajstić information content (AvgIpc) is 2.97. The van der Waals surface area contributed by atoms with Gasteiger partial charge in [0.15, 0.2) is 5.84 Å². The molecule has 1 aromatic carbocycles. The predicted molar refractivity (Wildman–Crippen MR) is 73.5 cm³/mol. The van der Waals surface area contributed by atoms with Gasteiger partial charge in [-0.1, -0.05) is 29.4 Å². The topological polar surface area (TPSA) is 109 Å². The van der Waals surface area contributed by atoms with Crippen LogP contribution >= 0.6 is 0 Å². The van der Waals surface area contributed by atoms with Crippen molar-refractivity contribution in [2.45, 2.75) is 19.0 Å². The van der Waals surface area contributed by atoms with Crippen LogP contribution in [0.25, 0.3) is 0 Å². The van der Waals surface area contributed by atoms with Crippen LogP contribution in [0.15, 0.2) is 29.4 Å². The van der Waals surface area contributed by atoms with Crippen LogP contribution in [-0.4, -0.2) is 36.3 Å². The van der Waals surface area contributed by atoms with Crippen molar-refractivity contribution in [3.05, 3.63) is 35.4 Å². The van der Waals surface area contributed by atoms with Gasteiger partial charge in [-0.25, -0.2) is 4.79 Å². The summed E-state index contributed by atoms with van der Waals surface area (Å²) in [5.41, 5.74) is 7.02. The molecular formula is C13H18N4O3. The molecule has 0 aliphatic carbocycles. The van der Waals surface area contributed by atoms with E-state index < -0.39 is 0 Å². The molecule has 1 atom stereocenters. The zero-order chi connectivity index (χ0) is 14.4. The van der Waals surface area contributed by atoms with Crippen molar-refractivity contribution in [3.8, 4) is 0 Å². The highest BCUT2D eigenvalue weighted by Crippen LogP contribution is 2.05. The fraction of sp³-hybridized carbons (Fsp3) is 0.385. The number of amides is 2. The van der Waals surface area contributed by atoms with E-state index in [-0.39, 0.29) is 17.9 Å². The first kappa shape index (κ1) is 14.1. The largest absolute Gasteiger partial charge is 0.409 e. The minimum Gasteiger partial charge on any atom is -0.409 e. The van der Waals surface area contributed by atoms with Crippen molar-refractivity contribution in [2.75, 3.05) is 13.2 Å². The SMILES string of the molecule is N/C(=N/O)c1ccc(CNC(=O)NC2CCOC2)cc1. The summed E-state index contributed by atoms with van der Waals surface area (Å²) in [7, 11) is 0. The van der Waals surface area contributed by atoms with E-state index in [1.807, 2.05) is 12.1 Å². The molecule has 2 amide bonds. The third kappa shape index (κ3) is 3.86. The third-order valence-electron chi connectivity index (χ3n) is 3.08. The normalized spacial score (nSPS) is 18.8. The van der Waals surface area contributed by atoms with Gasteiger partial charge in [-0.15, -0.1) is 0 Å². The number of carbonyl (C=O) groups is 1. The van der Waals surface area contributed by atoms with Gasteiger partial charge in [0.25, 0.3) is 0 Å². The van der Waals surface area contributed by atoms with Gasteiger partial charge in [0.1, 0.15) is 0 Å². The number of amidine groups is 1. The zero-order valence-electron chi connectivity index (χ0n) is 11.0. The minimum absolute atomic E-state index is 0.0588. The Kier molecular flexibility index (Phi) is 4.78. The number of nitrogens with two attached hydrogens (primary N) is 1. The van der Waals surface area contributed by atoms with Gasteiger partial charge in [-0.05, 0) is 12.0 Å². The first-order valence-corrected chi connectivity index (χ1v) is 6.38. The third-order valence-corrected chi connectivity index (χ3v) is 3.08. The maximum absolute atomic E-state index is 11.6. The molecule has 1 saturated heterocycles. The molecule has 1 aliphatic rings. The number of hydrogen-bond donors (Lipinski definition) is 4. The maximum atomic E-state index is 11.6. The van der Waals surface area contributed by atoms with Gasteiger partial charge >= 0.3 is 6.03 Å². The van der Waals surface area contributed by atoms with Crippen LogP contribution < -0.4 is 16.4 Å². The highest BCUT2D eigenvalue weighted by molar-refractivity contribution is 5.96. The molecule has 1 unspecified atom stereocenters. The molecule has 7 heteroatoms. The van der Waals surface area contributed by atoms with Crippen LogP contribution in [0.5, 0.6) is 0 Å². The number of nitrogens with zero attached hydrogens (tertiary/aromatic N) is 1. The van der Waals surface area contributed by atoms with Crippen molar-refractivity contribution >= 4 is 11.9 Å². The van der Waals surface area contributed by atoms with E-state index in [4.69, 9.17) is 15.7 Å². The fourth-order valence-corrected chi connectivity index (χ4v) is 1.92. The first-order chi connectivity index (χ1) is 9.69. The Morgan fingerprint density at radius 1 is 1.45 bits per heavy atom. The summed E-state index contributed by atoms with van der Waals surface area (Å²) in [6, 6.07) is 6.97. The summed E-state index contributed by atoms with van der Waals surface area (Å²) in [4.78, 5) is 11.6. The van der Waals surface area contributed by atoms with Crippen LogP contribution in [0.3, 0.4) is 0 Å². The second-order valence-corrected chi connectivity index (χ2v) is 4.57. The van der Waals surface area contributed by atoms with Gasteiger partial charge in [0, 0.05) is 18.7 Å². The molecule has 2 rings (SSSR count). The Balaban J connectivity index is 1.79. The number of urea groups is 1. The zero-order valence-corrected chi connectivity index (χ0v) is 11.0. The Labute approximate surface area is 116 Å². The fourth-order valence-electron chi connectivity index (χ4n) is 1.92. The molecule has 1 heterocycles. The van der Waals surface area contributed by atoms with Gasteiger partial charge in [-0.3, -0.25) is 0 Å². The van der Waals surface area contributed by atoms with Crippen molar-refractivity contribution in [2.24, 2.45) is 10.9 Å². The Bertz CT molecular complexity index is 481. The molecule has 0 saturated carbocycles. The summed E-state index contributed by atoms with van der Waals surface area (Å²) >= 11 is 0. The second-order valence-electron chi connectivity index (χ2n) is 4.57. The molecule has 0 radical (unpaired) electrons. The number of hydrogen-bond acceptors (Lipinski definition) is 4. The Hall–Kier alpha value is -2.28. The van der Waals surface area contributed by atoms with E-state index in [0.717, 1.165) is 12.0 Å². The average molecular weight is 278 g/mol. The van der Waals surface area contributed by atoms with Crippen molar-refractivity contribution in [1.82, 2.24) is 10.6 Å². The number of ether oxygens (including phenoxy) is 1. The highest BCUT2D eigenvalue weighted by atomic mass is 16.5. The standard InChI is InChI=1S/C13H18N4O3/c14-12(17-19)10-3-1-9(2-4-10)7-15-13(18)16-11-5-6-20-8-11/h1-4,11,19H,5-8H2,(H2,14,17)(H2,15,16,18). The Morgan fingerprint density at radius 3 is 2.80 bits per heavy atom. The van der Waals surface area contributed by atoms with Crippen LogP contribution in [0.2, 0.25) is 0 Å². The number of oxime groups is 1. The van der Waals surface area contributed by atoms with E-state index in [9.17, 15) is 4.79 Å². The van der Waals surface area contributed by atoms with E-state index >= 15 is 0 Å². The molecule has 108 valence electrons. The molecule has 0 spiro atoms. The number of nitrogens with one attached hydrogen (secondary N) is 2. The summed E-state index contributed by atoms with van der Waals surface area (Å²) in [6.45, 7) is 1.68. The summed E-state index contributed by atoms with van der Waals surface area (Å²) in [6.07, 6.45) is 0.849. The number of benzene rings is 1. The summed E-state index contributed by atoms with van der Waals surface area (Å²) in [5, 5.41) is 17.1. The quantitative estimate of drug-likeness (QED) is 0.276. The van der Waals surface area contributed by atoms with Crippen LogP contribution in [0.1, 0.15) is 17.5 Å². The number of rotatable bonds is 4. The van der Waals surface area contributed by atoms with Crippen molar-refractivity contribution < 1.29 is 14.7 Å². The molecule has 1 aromatic rings. The molecule has 7 nitrogen and oxygen atoms in total. The van der Waals surface area contributed by atoms with Crippen molar-refractivity contribution in [1.29, 1.82) is 0 Å². The van der Waals surface area contributed by atoms with Gasteiger partial charge in [0.05, 0.1) is 12.6 Å². The maximum Gasteiger partial charge on any atom is 0.315 e. The monoisotopic (exact) mass is 278 g/mol. The van der Waals surface area contributed by atoms with Crippen molar-refractivity contribution in [3.63, 3.8) is 0 Å². The van der Waals surface area contributed by atoms with E-state index in [1.54, 1.807) is 12.1 Å². The molecule has 1 fully saturated rings. The van der Waals surface area contributed by atoms with E-state index in [2.05, 4.69) is 15.8 Å². The molecule has 20 heavy (non-hydrogen) atoms. The molecule has 0 aromatic heterocycles. The van der Waals surface area contributed by atoms with E-state index in [1.165, 1.54) is 0 Å². The van der Waals surface area contributed by atoms with Crippen LogP contribution in [0.4, 0.5) is 4.79 Å². The lowest BCUT2D eigenvalue weighted by Gasteiger charge is -2.12. The molecule has 1 aliphatic heterocycles. The molecule has 5 N–H and O–H groups in total. The van der Waals surface area contributed by atoms with Gasteiger partial charge in [-0.2, -0.15) is 0 Å². The molecule has 0 bridgehead atoms. The number of carbonyl (C=O) groups excluding carboxylic acids is 1. The molecular weight excluding hydrogens is 260 g/mol. The predicted octanol–water partition coefficient (Wildman–Crippen LogP) is 0.369. The summed E-state index contributed by atoms with van der Waals surface area (Å²) < 4.78 is 5.18. The lowest BCUT2D eigenvalue weighted by Crippen LogP contribution is -2.42. The second kappa shape index (κ2) is 6.76. The van der Waals surface area contributed by atoms with Gasteiger partial charge in [0.2, 0.25) is 0 Å².